The van der Waals surface area contributed by atoms with Crippen LogP contribution in [0.15, 0.2) is 30.5 Å². The largest absolute Gasteiger partial charge is 0.480 e. The number of carboxylic acid groups (broad SMARTS) is 1. The van der Waals surface area contributed by atoms with E-state index >= 15 is 0 Å². The zero-order chi connectivity index (χ0) is 24.7. The fraction of sp³-hybridized carbons (Fsp3) is 0.455. The molecule has 0 aliphatic heterocycles. The molecule has 0 spiro atoms. The summed E-state index contributed by atoms with van der Waals surface area (Å²) in [6.45, 7) is 4.14. The lowest BCUT2D eigenvalue weighted by Gasteiger charge is -2.23. The number of aliphatic hydroxyl groups is 1. The monoisotopic (exact) mass is 461 g/mol. The summed E-state index contributed by atoms with van der Waals surface area (Å²) in [5.41, 5.74) is 7.31. The first-order valence-corrected chi connectivity index (χ1v) is 10.6. The van der Waals surface area contributed by atoms with Crippen LogP contribution >= 0.6 is 0 Å². The highest BCUT2D eigenvalue weighted by molar-refractivity contribution is 5.94. The SMILES string of the molecule is CC(NC(=O)C(CO)NC(=O)C(N)C(C)C)C(=O)NC(Cc1c[nH]c2ccccc12)C(=O)O. The van der Waals surface area contributed by atoms with Gasteiger partial charge in [0.15, 0.2) is 0 Å². The van der Waals surface area contributed by atoms with Gasteiger partial charge in [0.1, 0.15) is 18.1 Å². The summed E-state index contributed by atoms with van der Waals surface area (Å²) >= 11 is 0. The van der Waals surface area contributed by atoms with Gasteiger partial charge < -0.3 is 36.9 Å². The zero-order valence-electron chi connectivity index (χ0n) is 18.8. The summed E-state index contributed by atoms with van der Waals surface area (Å²) in [7, 11) is 0. The number of carboxylic acids is 1. The Morgan fingerprint density at radius 3 is 2.21 bits per heavy atom. The maximum absolute atomic E-state index is 12.5. The molecule has 0 radical (unpaired) electrons. The molecule has 33 heavy (non-hydrogen) atoms. The van der Waals surface area contributed by atoms with Gasteiger partial charge in [0, 0.05) is 23.5 Å². The van der Waals surface area contributed by atoms with Crippen molar-refractivity contribution in [3.8, 4) is 0 Å². The Hall–Kier alpha value is -3.44. The molecule has 2 aromatic rings. The molecule has 11 nitrogen and oxygen atoms in total. The number of aliphatic hydroxyl groups excluding tert-OH is 1. The molecule has 0 aliphatic rings. The van der Waals surface area contributed by atoms with Crippen LogP contribution in [0.3, 0.4) is 0 Å². The molecular formula is C22H31N5O6. The van der Waals surface area contributed by atoms with Crippen molar-refractivity contribution in [1.29, 1.82) is 0 Å². The molecule has 8 N–H and O–H groups in total. The first-order valence-electron chi connectivity index (χ1n) is 10.6. The molecule has 4 atom stereocenters. The minimum atomic E-state index is -1.31. The zero-order valence-corrected chi connectivity index (χ0v) is 18.8. The Kier molecular flexibility index (Phi) is 8.94. The van der Waals surface area contributed by atoms with E-state index in [1.54, 1.807) is 20.0 Å². The van der Waals surface area contributed by atoms with Crippen molar-refractivity contribution in [1.82, 2.24) is 20.9 Å². The van der Waals surface area contributed by atoms with E-state index in [0.29, 0.717) is 0 Å². The van der Waals surface area contributed by atoms with Crippen molar-refractivity contribution in [3.63, 3.8) is 0 Å². The van der Waals surface area contributed by atoms with Crippen LogP contribution in [0.25, 0.3) is 10.9 Å². The van der Waals surface area contributed by atoms with Crippen LogP contribution in [-0.2, 0) is 25.6 Å². The molecule has 1 aromatic carbocycles. The van der Waals surface area contributed by atoms with E-state index in [-0.39, 0.29) is 12.3 Å². The number of nitrogens with one attached hydrogen (secondary N) is 4. The normalized spacial score (nSPS) is 14.8. The maximum Gasteiger partial charge on any atom is 0.326 e. The fourth-order valence-electron chi connectivity index (χ4n) is 3.16. The summed E-state index contributed by atoms with van der Waals surface area (Å²) < 4.78 is 0. The molecule has 0 fully saturated rings. The number of amides is 3. The Labute approximate surface area is 191 Å². The number of carbonyl (C=O) groups is 4. The third-order valence-electron chi connectivity index (χ3n) is 5.30. The second-order valence-corrected chi connectivity index (χ2v) is 8.21. The van der Waals surface area contributed by atoms with Crippen LogP contribution < -0.4 is 21.7 Å². The highest BCUT2D eigenvalue weighted by atomic mass is 16.4. The second kappa shape index (κ2) is 11.4. The lowest BCUT2D eigenvalue weighted by atomic mass is 10.0. The molecular weight excluding hydrogens is 430 g/mol. The average Bonchev–Trinajstić information content (AvgIpc) is 3.18. The number of H-pyrrole nitrogens is 1. The molecule has 1 aromatic heterocycles. The van der Waals surface area contributed by atoms with Crippen molar-refractivity contribution in [3.05, 3.63) is 36.0 Å². The van der Waals surface area contributed by atoms with E-state index in [4.69, 9.17) is 5.73 Å². The van der Waals surface area contributed by atoms with Gasteiger partial charge in [0.05, 0.1) is 12.6 Å². The van der Waals surface area contributed by atoms with Crippen molar-refractivity contribution in [2.75, 3.05) is 6.61 Å². The van der Waals surface area contributed by atoms with Crippen molar-refractivity contribution in [2.24, 2.45) is 11.7 Å². The lowest BCUT2D eigenvalue weighted by Crippen LogP contribution is -2.58. The van der Waals surface area contributed by atoms with Gasteiger partial charge >= 0.3 is 5.97 Å². The number of rotatable bonds is 11. The van der Waals surface area contributed by atoms with Crippen LogP contribution in [0.5, 0.6) is 0 Å². The molecule has 3 amide bonds. The number of hydrogen-bond acceptors (Lipinski definition) is 6. The van der Waals surface area contributed by atoms with Gasteiger partial charge in [-0.2, -0.15) is 0 Å². The van der Waals surface area contributed by atoms with E-state index in [0.717, 1.165) is 16.5 Å². The molecule has 1 heterocycles. The third kappa shape index (κ3) is 6.77. The number of aliphatic carboxylic acids is 1. The number of nitrogens with two attached hydrogens (primary N) is 1. The summed E-state index contributed by atoms with van der Waals surface area (Å²) in [4.78, 5) is 51.8. The molecule has 0 aliphatic carbocycles. The van der Waals surface area contributed by atoms with Crippen LogP contribution in [-0.4, -0.2) is 69.7 Å². The molecule has 0 saturated carbocycles. The Morgan fingerprint density at radius 1 is 0.970 bits per heavy atom. The van der Waals surface area contributed by atoms with Gasteiger partial charge in [-0.05, 0) is 24.5 Å². The standard InChI is InChI=1S/C22H31N5O6/c1-11(2)18(23)21(31)27-17(10-28)20(30)25-12(3)19(29)26-16(22(32)33)8-13-9-24-15-7-5-4-6-14(13)15/h4-7,9,11-12,16-18,24,28H,8,10,23H2,1-3H3,(H,25,30)(H,26,29)(H,27,31)(H,32,33). The smallest absolute Gasteiger partial charge is 0.326 e. The molecule has 4 unspecified atom stereocenters. The minimum Gasteiger partial charge on any atom is -0.480 e. The van der Waals surface area contributed by atoms with Gasteiger partial charge in [-0.25, -0.2) is 4.79 Å². The van der Waals surface area contributed by atoms with Crippen LogP contribution in [0.1, 0.15) is 26.3 Å². The van der Waals surface area contributed by atoms with E-state index in [1.165, 1.54) is 6.92 Å². The van der Waals surface area contributed by atoms with E-state index < -0.39 is 54.5 Å². The van der Waals surface area contributed by atoms with Crippen LogP contribution in [0, 0.1) is 5.92 Å². The van der Waals surface area contributed by atoms with Gasteiger partial charge in [-0.1, -0.05) is 32.0 Å². The van der Waals surface area contributed by atoms with Crippen molar-refractivity contribution < 1.29 is 29.4 Å². The van der Waals surface area contributed by atoms with E-state index in [2.05, 4.69) is 20.9 Å². The van der Waals surface area contributed by atoms with Crippen LogP contribution in [0.4, 0.5) is 0 Å². The maximum atomic E-state index is 12.5. The highest BCUT2D eigenvalue weighted by Crippen LogP contribution is 2.19. The number of aromatic nitrogens is 1. The predicted octanol–water partition coefficient (Wildman–Crippen LogP) is -0.755. The van der Waals surface area contributed by atoms with E-state index in [1.807, 2.05) is 24.3 Å². The van der Waals surface area contributed by atoms with Gasteiger partial charge in [0.25, 0.3) is 0 Å². The Morgan fingerprint density at radius 2 is 1.61 bits per heavy atom. The minimum absolute atomic E-state index is 0.0359. The van der Waals surface area contributed by atoms with Gasteiger partial charge in [0.2, 0.25) is 17.7 Å². The Balaban J connectivity index is 1.99. The first kappa shape index (κ1) is 25.8. The Bertz CT molecular complexity index is 1000. The second-order valence-electron chi connectivity index (χ2n) is 8.21. The molecule has 2 rings (SSSR count). The number of para-hydroxylation sites is 1. The van der Waals surface area contributed by atoms with Crippen molar-refractivity contribution in [2.45, 2.75) is 51.4 Å². The molecule has 0 bridgehead atoms. The van der Waals surface area contributed by atoms with Gasteiger partial charge in [-0.15, -0.1) is 0 Å². The number of fused-ring (bicyclic) bond motifs is 1. The number of hydrogen-bond donors (Lipinski definition) is 7. The summed E-state index contributed by atoms with van der Waals surface area (Å²) in [5.74, 6) is -3.54. The number of carbonyl (C=O) groups excluding carboxylic acids is 3. The lowest BCUT2D eigenvalue weighted by molar-refractivity contribution is -0.142. The molecule has 11 heteroatoms. The summed E-state index contributed by atoms with van der Waals surface area (Å²) in [6, 6.07) is 2.86. The fourth-order valence-corrected chi connectivity index (χ4v) is 3.16. The van der Waals surface area contributed by atoms with Gasteiger partial charge in [-0.3, -0.25) is 14.4 Å². The average molecular weight is 462 g/mol. The summed E-state index contributed by atoms with van der Waals surface area (Å²) in [5, 5.41) is 27.0. The number of benzene rings is 1. The van der Waals surface area contributed by atoms with Crippen LogP contribution in [0.2, 0.25) is 0 Å². The highest BCUT2D eigenvalue weighted by Gasteiger charge is 2.29. The quantitative estimate of drug-likeness (QED) is 0.229. The predicted molar refractivity (Wildman–Crippen MR) is 121 cm³/mol. The first-order chi connectivity index (χ1) is 15.5. The van der Waals surface area contributed by atoms with Crippen molar-refractivity contribution >= 4 is 34.6 Å². The molecule has 0 saturated heterocycles. The third-order valence-corrected chi connectivity index (χ3v) is 5.30. The van der Waals surface area contributed by atoms with E-state index in [9.17, 15) is 29.4 Å². The number of aromatic amines is 1. The summed E-state index contributed by atoms with van der Waals surface area (Å²) in [6.07, 6.45) is 1.72. The topological polar surface area (TPSA) is 187 Å². The molecule has 180 valence electrons.